The lowest BCUT2D eigenvalue weighted by atomic mass is 10.3. The Morgan fingerprint density at radius 3 is 3.06 bits per heavy atom. The average Bonchev–Trinajstić information content (AvgIpc) is 2.77. The lowest BCUT2D eigenvalue weighted by molar-refractivity contribution is 0.850. The van der Waals surface area contributed by atoms with Gasteiger partial charge >= 0.3 is 0 Å². The monoisotopic (exact) mass is 251 g/mol. The summed E-state index contributed by atoms with van der Waals surface area (Å²) in [5.74, 6) is 2.68. The molecule has 2 heterocycles. The minimum atomic E-state index is 0.393. The maximum atomic E-state index is 4.41. The van der Waals surface area contributed by atoms with Crippen molar-refractivity contribution < 1.29 is 0 Å². The molecule has 1 atom stereocenters. The Morgan fingerprint density at radius 1 is 1.53 bits per heavy atom. The molecule has 1 N–H and O–H groups in total. The second-order valence-electron chi connectivity index (χ2n) is 3.96. The molecule has 0 bridgehead atoms. The number of fused-ring (bicyclic) bond motifs is 1. The molecule has 0 amide bonds. The van der Waals surface area contributed by atoms with Gasteiger partial charge in [0.15, 0.2) is 0 Å². The SMILES string of the molecule is CCc1cc(NC(C)CSC)n2ncnc2n1. The molecule has 2 rings (SSSR count). The lowest BCUT2D eigenvalue weighted by Crippen LogP contribution is -2.20. The zero-order valence-electron chi connectivity index (χ0n) is 10.3. The summed E-state index contributed by atoms with van der Waals surface area (Å²) in [6, 6.07) is 2.43. The zero-order chi connectivity index (χ0) is 12.3. The quantitative estimate of drug-likeness (QED) is 0.879. The topological polar surface area (TPSA) is 55.1 Å². The normalized spacial score (nSPS) is 12.9. The van der Waals surface area contributed by atoms with Crippen molar-refractivity contribution in [2.24, 2.45) is 0 Å². The summed E-state index contributed by atoms with van der Waals surface area (Å²) in [4.78, 5) is 8.55. The van der Waals surface area contributed by atoms with Crippen LogP contribution in [0.15, 0.2) is 12.4 Å². The predicted octanol–water partition coefficient (Wildman–Crippen LogP) is 1.85. The Hall–Kier alpha value is -1.30. The van der Waals surface area contributed by atoms with Gasteiger partial charge in [0.25, 0.3) is 5.78 Å². The molecule has 2 aromatic heterocycles. The van der Waals surface area contributed by atoms with E-state index in [0.717, 1.165) is 23.7 Å². The number of nitrogens with one attached hydrogen (secondary N) is 1. The van der Waals surface area contributed by atoms with Crippen LogP contribution < -0.4 is 5.32 Å². The molecule has 0 radical (unpaired) electrons. The number of aryl methyl sites for hydroxylation is 1. The molecule has 0 saturated carbocycles. The lowest BCUT2D eigenvalue weighted by Gasteiger charge is -2.15. The average molecular weight is 251 g/mol. The van der Waals surface area contributed by atoms with Crippen molar-refractivity contribution in [1.29, 1.82) is 0 Å². The third-order valence-corrected chi connectivity index (χ3v) is 3.31. The number of nitrogens with zero attached hydrogens (tertiary/aromatic N) is 4. The van der Waals surface area contributed by atoms with Gasteiger partial charge in [-0.2, -0.15) is 26.4 Å². The van der Waals surface area contributed by atoms with Crippen molar-refractivity contribution in [3.05, 3.63) is 18.1 Å². The van der Waals surface area contributed by atoms with Crippen molar-refractivity contribution >= 4 is 23.4 Å². The summed E-state index contributed by atoms with van der Waals surface area (Å²) in [7, 11) is 0. The van der Waals surface area contributed by atoms with Crippen molar-refractivity contribution in [3.63, 3.8) is 0 Å². The van der Waals surface area contributed by atoms with Gasteiger partial charge in [-0.15, -0.1) is 0 Å². The van der Waals surface area contributed by atoms with Gasteiger partial charge in [0.1, 0.15) is 12.1 Å². The van der Waals surface area contributed by atoms with E-state index in [1.54, 1.807) is 4.52 Å². The van der Waals surface area contributed by atoms with E-state index in [1.807, 2.05) is 17.8 Å². The van der Waals surface area contributed by atoms with Crippen molar-refractivity contribution in [3.8, 4) is 0 Å². The van der Waals surface area contributed by atoms with E-state index in [1.165, 1.54) is 6.33 Å². The number of hydrogen-bond acceptors (Lipinski definition) is 5. The molecule has 0 fully saturated rings. The van der Waals surface area contributed by atoms with Crippen LogP contribution in [0.1, 0.15) is 19.5 Å². The summed E-state index contributed by atoms with van der Waals surface area (Å²) < 4.78 is 1.75. The fourth-order valence-electron chi connectivity index (χ4n) is 1.69. The van der Waals surface area contributed by atoms with Crippen molar-refractivity contribution in [2.45, 2.75) is 26.3 Å². The van der Waals surface area contributed by atoms with Crippen molar-refractivity contribution in [2.75, 3.05) is 17.3 Å². The predicted molar refractivity (Wildman–Crippen MR) is 71.6 cm³/mol. The van der Waals surface area contributed by atoms with E-state index >= 15 is 0 Å². The van der Waals surface area contributed by atoms with E-state index in [0.29, 0.717) is 11.8 Å². The highest BCUT2D eigenvalue weighted by Gasteiger charge is 2.08. The molecule has 6 heteroatoms. The number of aromatic nitrogens is 4. The number of hydrogen-bond donors (Lipinski definition) is 1. The Kier molecular flexibility index (Phi) is 3.83. The van der Waals surface area contributed by atoms with E-state index in [9.17, 15) is 0 Å². The highest BCUT2D eigenvalue weighted by atomic mass is 32.2. The summed E-state index contributed by atoms with van der Waals surface area (Å²) in [6.07, 6.45) is 4.54. The Balaban J connectivity index is 2.33. The summed E-state index contributed by atoms with van der Waals surface area (Å²) >= 11 is 1.82. The van der Waals surface area contributed by atoms with Crippen LogP contribution in [-0.2, 0) is 6.42 Å². The third kappa shape index (κ3) is 2.69. The molecule has 17 heavy (non-hydrogen) atoms. The van der Waals surface area contributed by atoms with Gasteiger partial charge in [0, 0.05) is 23.6 Å². The molecular formula is C11H17N5S. The second-order valence-corrected chi connectivity index (χ2v) is 4.87. The van der Waals surface area contributed by atoms with E-state index in [-0.39, 0.29) is 0 Å². The number of anilines is 1. The molecule has 0 aliphatic rings. The molecule has 0 aliphatic carbocycles. The van der Waals surface area contributed by atoms with Crippen LogP contribution in [0, 0.1) is 0 Å². The van der Waals surface area contributed by atoms with Crippen LogP contribution in [0.4, 0.5) is 5.82 Å². The van der Waals surface area contributed by atoms with Crippen LogP contribution in [-0.4, -0.2) is 37.6 Å². The van der Waals surface area contributed by atoms with Crippen molar-refractivity contribution in [1.82, 2.24) is 19.6 Å². The van der Waals surface area contributed by atoms with Crippen LogP contribution in [0.5, 0.6) is 0 Å². The van der Waals surface area contributed by atoms with E-state index < -0.39 is 0 Å². The first-order valence-electron chi connectivity index (χ1n) is 5.69. The van der Waals surface area contributed by atoms with Crippen LogP contribution in [0.2, 0.25) is 0 Å². The first kappa shape index (κ1) is 12.2. The fourth-order valence-corrected chi connectivity index (χ4v) is 2.27. The maximum absolute atomic E-state index is 4.41. The first-order chi connectivity index (χ1) is 8.24. The van der Waals surface area contributed by atoms with E-state index in [2.05, 4.69) is 40.5 Å². The minimum absolute atomic E-state index is 0.393. The van der Waals surface area contributed by atoms with Gasteiger partial charge < -0.3 is 5.32 Å². The Morgan fingerprint density at radius 2 is 2.35 bits per heavy atom. The molecular weight excluding hydrogens is 234 g/mol. The van der Waals surface area contributed by atoms with Gasteiger partial charge in [-0.05, 0) is 19.6 Å². The fraction of sp³-hybridized carbons (Fsp3) is 0.545. The zero-order valence-corrected chi connectivity index (χ0v) is 11.2. The molecule has 2 aromatic rings. The molecule has 0 spiro atoms. The van der Waals surface area contributed by atoms with Gasteiger partial charge in [0.05, 0.1) is 0 Å². The summed E-state index contributed by atoms with van der Waals surface area (Å²) in [5, 5.41) is 7.63. The summed E-state index contributed by atoms with van der Waals surface area (Å²) in [6.45, 7) is 4.25. The van der Waals surface area contributed by atoms with Crippen LogP contribution in [0.25, 0.3) is 5.78 Å². The molecule has 0 saturated heterocycles. The van der Waals surface area contributed by atoms with Gasteiger partial charge in [-0.3, -0.25) is 0 Å². The molecule has 92 valence electrons. The smallest absolute Gasteiger partial charge is 0.254 e. The Labute approximate surface area is 105 Å². The van der Waals surface area contributed by atoms with Gasteiger partial charge in [0.2, 0.25) is 0 Å². The number of rotatable bonds is 5. The first-order valence-corrected chi connectivity index (χ1v) is 7.09. The van der Waals surface area contributed by atoms with E-state index in [4.69, 9.17) is 0 Å². The minimum Gasteiger partial charge on any atom is -0.367 e. The largest absolute Gasteiger partial charge is 0.367 e. The summed E-state index contributed by atoms with van der Waals surface area (Å²) in [5.41, 5.74) is 1.03. The highest BCUT2D eigenvalue weighted by Crippen LogP contribution is 2.13. The standard InChI is InChI=1S/C11H17N5S/c1-4-9-5-10(14-8(2)6-17-3)16-11(15-9)12-7-13-16/h5,7-8,14H,4,6H2,1-3H3. The van der Waals surface area contributed by atoms with Crippen LogP contribution in [0.3, 0.4) is 0 Å². The molecule has 5 nitrogen and oxygen atoms in total. The van der Waals surface area contributed by atoms with Crippen LogP contribution >= 0.6 is 11.8 Å². The highest BCUT2D eigenvalue weighted by molar-refractivity contribution is 7.98. The maximum Gasteiger partial charge on any atom is 0.254 e. The number of thioether (sulfide) groups is 1. The molecule has 0 aliphatic heterocycles. The molecule has 1 unspecified atom stereocenters. The third-order valence-electron chi connectivity index (χ3n) is 2.48. The van der Waals surface area contributed by atoms with Gasteiger partial charge in [-0.1, -0.05) is 6.92 Å². The Bertz CT molecular complexity index is 496. The van der Waals surface area contributed by atoms with Gasteiger partial charge in [-0.25, -0.2) is 4.98 Å². The second kappa shape index (κ2) is 5.35. The molecule has 0 aromatic carbocycles.